The molecule has 1 N–H and O–H groups in total. The first kappa shape index (κ1) is 18.8. The Balaban J connectivity index is 1.33. The average molecular weight is 387 g/mol. The van der Waals surface area contributed by atoms with E-state index in [-0.39, 0.29) is 30.7 Å². The summed E-state index contributed by atoms with van der Waals surface area (Å²) in [7, 11) is 0. The van der Waals surface area contributed by atoms with Crippen molar-refractivity contribution in [3.63, 3.8) is 0 Å². The lowest BCUT2D eigenvalue weighted by Crippen LogP contribution is -2.41. The molecule has 3 amide bonds. The Labute approximate surface area is 168 Å². The first-order valence-electron chi connectivity index (χ1n) is 9.68. The summed E-state index contributed by atoms with van der Waals surface area (Å²) in [6, 6.07) is 14.8. The van der Waals surface area contributed by atoms with Gasteiger partial charge in [-0.1, -0.05) is 30.3 Å². The van der Waals surface area contributed by atoms with Crippen LogP contribution in [-0.4, -0.2) is 40.7 Å². The first-order valence-corrected chi connectivity index (χ1v) is 9.68. The zero-order chi connectivity index (χ0) is 20.2. The van der Waals surface area contributed by atoms with E-state index in [0.717, 1.165) is 16.3 Å². The van der Waals surface area contributed by atoms with Crippen LogP contribution in [0.5, 0.6) is 0 Å². The van der Waals surface area contributed by atoms with E-state index in [1.165, 1.54) is 4.90 Å². The van der Waals surface area contributed by atoms with Gasteiger partial charge in [0.2, 0.25) is 5.91 Å². The van der Waals surface area contributed by atoms with Gasteiger partial charge in [-0.25, -0.2) is 0 Å². The van der Waals surface area contributed by atoms with Crippen LogP contribution in [0.2, 0.25) is 0 Å². The van der Waals surface area contributed by atoms with E-state index < -0.39 is 0 Å². The molecule has 1 aromatic heterocycles. The average Bonchev–Trinajstić information content (AvgIpc) is 2.75. The van der Waals surface area contributed by atoms with Gasteiger partial charge in [0.25, 0.3) is 11.8 Å². The third-order valence-electron chi connectivity index (χ3n) is 5.10. The molecular weight excluding hydrogens is 366 g/mol. The minimum absolute atomic E-state index is 0.0895. The summed E-state index contributed by atoms with van der Waals surface area (Å²) >= 11 is 0. The van der Waals surface area contributed by atoms with Gasteiger partial charge in [0.1, 0.15) is 0 Å². The lowest BCUT2D eigenvalue weighted by atomic mass is 9.94. The molecule has 1 aliphatic rings. The number of pyridine rings is 1. The Bertz CT molecular complexity index is 1030. The number of amides is 3. The minimum atomic E-state index is -0.295. The molecule has 0 saturated carbocycles. The van der Waals surface area contributed by atoms with Crippen LogP contribution in [0, 0.1) is 0 Å². The number of rotatable bonds is 7. The van der Waals surface area contributed by atoms with Crippen molar-refractivity contribution in [2.75, 3.05) is 13.1 Å². The highest BCUT2D eigenvalue weighted by atomic mass is 16.2. The maximum absolute atomic E-state index is 12.8. The summed E-state index contributed by atoms with van der Waals surface area (Å²) < 4.78 is 0. The fourth-order valence-corrected chi connectivity index (χ4v) is 3.66. The number of nitrogens with zero attached hydrogens (tertiary/aromatic N) is 2. The predicted molar refractivity (Wildman–Crippen MR) is 109 cm³/mol. The second-order valence-electron chi connectivity index (χ2n) is 7.04. The van der Waals surface area contributed by atoms with Crippen molar-refractivity contribution in [1.82, 2.24) is 15.2 Å². The van der Waals surface area contributed by atoms with Crippen molar-refractivity contribution in [2.45, 2.75) is 19.3 Å². The van der Waals surface area contributed by atoms with Crippen LogP contribution >= 0.6 is 0 Å². The number of benzene rings is 2. The Morgan fingerprint density at radius 3 is 2.34 bits per heavy atom. The quantitative estimate of drug-likeness (QED) is 0.632. The SMILES string of the molecule is O=C(CCCN1C(=O)c2cccc3cccc(c23)C1=O)NCCc1cccnc1. The molecule has 0 unspecified atom stereocenters. The van der Waals surface area contributed by atoms with E-state index in [1.54, 1.807) is 24.5 Å². The van der Waals surface area contributed by atoms with Gasteiger partial charge >= 0.3 is 0 Å². The number of carbonyl (C=O) groups is 3. The third kappa shape index (κ3) is 3.87. The van der Waals surface area contributed by atoms with E-state index in [4.69, 9.17) is 0 Å². The van der Waals surface area contributed by atoms with Gasteiger partial charge in [0, 0.05) is 48.4 Å². The molecule has 0 atom stereocenters. The molecule has 3 aromatic rings. The van der Waals surface area contributed by atoms with Gasteiger partial charge in [-0.3, -0.25) is 24.3 Å². The molecule has 2 aromatic carbocycles. The topological polar surface area (TPSA) is 79.4 Å². The van der Waals surface area contributed by atoms with Crippen LogP contribution in [0.4, 0.5) is 0 Å². The monoisotopic (exact) mass is 387 g/mol. The molecule has 0 radical (unpaired) electrons. The normalized spacial score (nSPS) is 13.0. The highest BCUT2D eigenvalue weighted by molar-refractivity contribution is 6.25. The van der Waals surface area contributed by atoms with Crippen LogP contribution in [0.3, 0.4) is 0 Å². The number of nitrogens with one attached hydrogen (secondary N) is 1. The molecule has 2 heterocycles. The van der Waals surface area contributed by atoms with E-state index in [0.29, 0.717) is 30.5 Å². The Morgan fingerprint density at radius 1 is 0.966 bits per heavy atom. The highest BCUT2D eigenvalue weighted by Gasteiger charge is 2.32. The fourth-order valence-electron chi connectivity index (χ4n) is 3.66. The smallest absolute Gasteiger partial charge is 0.261 e. The predicted octanol–water partition coefficient (Wildman–Crippen LogP) is 2.97. The molecule has 6 nitrogen and oxygen atoms in total. The van der Waals surface area contributed by atoms with Crippen molar-refractivity contribution in [1.29, 1.82) is 0 Å². The molecule has 146 valence electrons. The van der Waals surface area contributed by atoms with Crippen LogP contribution in [0.25, 0.3) is 10.8 Å². The Morgan fingerprint density at radius 2 is 1.69 bits per heavy atom. The van der Waals surface area contributed by atoms with Gasteiger partial charge in [0.15, 0.2) is 0 Å². The van der Waals surface area contributed by atoms with E-state index in [1.807, 2.05) is 36.4 Å². The second kappa shape index (κ2) is 8.22. The van der Waals surface area contributed by atoms with Gasteiger partial charge in [-0.15, -0.1) is 0 Å². The molecule has 4 rings (SSSR count). The molecular formula is C23H21N3O3. The van der Waals surface area contributed by atoms with Gasteiger partial charge in [-0.2, -0.15) is 0 Å². The zero-order valence-electron chi connectivity index (χ0n) is 15.9. The van der Waals surface area contributed by atoms with Crippen molar-refractivity contribution in [3.8, 4) is 0 Å². The Kier molecular flexibility index (Phi) is 5.33. The molecule has 0 saturated heterocycles. The van der Waals surface area contributed by atoms with Crippen LogP contribution in [0.15, 0.2) is 60.9 Å². The molecule has 0 bridgehead atoms. The molecule has 0 fully saturated rings. The summed E-state index contributed by atoms with van der Waals surface area (Å²) in [5.41, 5.74) is 2.14. The fraction of sp³-hybridized carbons (Fsp3) is 0.217. The standard InChI is InChI=1S/C23H21N3O3/c27-20(25-13-11-16-5-3-12-24-15-16)10-4-14-26-22(28)18-8-1-6-17-7-2-9-19(21(17)18)23(26)29/h1-3,5-9,12,15H,4,10-11,13-14H2,(H,25,27). The number of aromatic nitrogens is 1. The lowest BCUT2D eigenvalue weighted by molar-refractivity contribution is -0.121. The van der Waals surface area contributed by atoms with Crippen LogP contribution in [0.1, 0.15) is 39.1 Å². The van der Waals surface area contributed by atoms with Crippen molar-refractivity contribution >= 4 is 28.5 Å². The number of imide groups is 1. The summed E-state index contributed by atoms with van der Waals surface area (Å²) in [6.45, 7) is 0.750. The van der Waals surface area contributed by atoms with Crippen LogP contribution < -0.4 is 5.32 Å². The van der Waals surface area contributed by atoms with E-state index >= 15 is 0 Å². The van der Waals surface area contributed by atoms with Crippen molar-refractivity contribution < 1.29 is 14.4 Å². The van der Waals surface area contributed by atoms with Crippen molar-refractivity contribution in [3.05, 3.63) is 77.6 Å². The number of hydrogen-bond acceptors (Lipinski definition) is 4. The zero-order valence-corrected chi connectivity index (χ0v) is 15.9. The van der Waals surface area contributed by atoms with E-state index in [2.05, 4.69) is 10.3 Å². The summed E-state index contributed by atoms with van der Waals surface area (Å²) in [6.07, 6.45) is 4.88. The molecule has 29 heavy (non-hydrogen) atoms. The maximum atomic E-state index is 12.8. The maximum Gasteiger partial charge on any atom is 0.261 e. The van der Waals surface area contributed by atoms with E-state index in [9.17, 15) is 14.4 Å². The second-order valence-corrected chi connectivity index (χ2v) is 7.04. The Hall–Kier alpha value is -3.54. The van der Waals surface area contributed by atoms with Gasteiger partial charge in [-0.05, 0) is 42.0 Å². The van der Waals surface area contributed by atoms with Gasteiger partial charge in [0.05, 0.1) is 0 Å². The summed E-state index contributed by atoms with van der Waals surface area (Å²) in [5, 5.41) is 4.47. The lowest BCUT2D eigenvalue weighted by Gasteiger charge is -2.27. The summed E-state index contributed by atoms with van der Waals surface area (Å²) in [4.78, 5) is 43.0. The third-order valence-corrected chi connectivity index (χ3v) is 5.10. The molecule has 0 aliphatic carbocycles. The number of carbonyl (C=O) groups excluding carboxylic acids is 3. The first-order chi connectivity index (χ1) is 14.1. The molecule has 1 aliphatic heterocycles. The summed E-state index contributed by atoms with van der Waals surface area (Å²) in [5.74, 6) is -0.680. The van der Waals surface area contributed by atoms with Crippen LogP contribution in [-0.2, 0) is 11.2 Å². The van der Waals surface area contributed by atoms with Gasteiger partial charge < -0.3 is 5.32 Å². The van der Waals surface area contributed by atoms with Crippen molar-refractivity contribution in [2.24, 2.45) is 0 Å². The highest BCUT2D eigenvalue weighted by Crippen LogP contribution is 2.29. The molecule has 6 heteroatoms. The minimum Gasteiger partial charge on any atom is -0.356 e. The molecule has 0 spiro atoms. The number of hydrogen-bond donors (Lipinski definition) is 1. The largest absolute Gasteiger partial charge is 0.356 e.